The minimum Gasteiger partial charge on any atom is -0.295 e. The van der Waals surface area contributed by atoms with Crippen LogP contribution in [0.1, 0.15) is 34.3 Å². The summed E-state index contributed by atoms with van der Waals surface area (Å²) >= 11 is 0. The van der Waals surface area contributed by atoms with Gasteiger partial charge in [-0.05, 0) is 71.3 Å². The molecule has 0 unspecified atom stereocenters. The Kier molecular flexibility index (Phi) is 4.33. The van der Waals surface area contributed by atoms with Crippen LogP contribution in [-0.2, 0) is 13.1 Å². The quantitative estimate of drug-likeness (QED) is 0.615. The second-order valence-electron chi connectivity index (χ2n) is 6.71. The van der Waals surface area contributed by atoms with Gasteiger partial charge >= 0.3 is 0 Å². The van der Waals surface area contributed by atoms with E-state index in [4.69, 9.17) is 0 Å². The molecule has 2 nitrogen and oxygen atoms in total. The fourth-order valence-corrected chi connectivity index (χ4v) is 3.57. The van der Waals surface area contributed by atoms with Crippen LogP contribution in [0.25, 0.3) is 10.8 Å². The predicted octanol–water partition coefficient (Wildman–Crippen LogP) is 4.96. The molecule has 1 aliphatic rings. The molecule has 126 valence electrons. The second-order valence-corrected chi connectivity index (χ2v) is 6.71. The first kappa shape index (κ1) is 16.0. The molecule has 25 heavy (non-hydrogen) atoms. The van der Waals surface area contributed by atoms with Crippen molar-refractivity contribution in [3.63, 3.8) is 0 Å². The van der Waals surface area contributed by atoms with E-state index in [1.807, 2.05) is 0 Å². The van der Waals surface area contributed by atoms with Crippen LogP contribution < -0.4 is 0 Å². The van der Waals surface area contributed by atoms with Gasteiger partial charge in [-0.25, -0.2) is 4.39 Å². The molecule has 3 aromatic carbocycles. The first-order valence-electron chi connectivity index (χ1n) is 8.71. The number of nitrogens with zero attached hydrogens (tertiary/aromatic N) is 1. The molecular formula is C22H20FNO. The molecule has 0 fully saturated rings. The lowest BCUT2D eigenvalue weighted by Gasteiger charge is -2.14. The number of halogens is 1. The third-order valence-corrected chi connectivity index (χ3v) is 4.90. The molecule has 3 aromatic rings. The molecular weight excluding hydrogens is 313 g/mol. The van der Waals surface area contributed by atoms with Crippen molar-refractivity contribution in [1.82, 2.24) is 4.90 Å². The maximum atomic E-state index is 12.9. The minimum absolute atomic E-state index is 0.0856. The van der Waals surface area contributed by atoms with Gasteiger partial charge in [0.1, 0.15) is 5.82 Å². The van der Waals surface area contributed by atoms with E-state index in [0.717, 1.165) is 26.1 Å². The van der Waals surface area contributed by atoms with E-state index < -0.39 is 0 Å². The van der Waals surface area contributed by atoms with Crippen molar-refractivity contribution in [1.29, 1.82) is 0 Å². The fourth-order valence-electron chi connectivity index (χ4n) is 3.57. The number of hydrogen-bond donors (Lipinski definition) is 0. The molecule has 0 saturated heterocycles. The van der Waals surface area contributed by atoms with E-state index in [0.29, 0.717) is 12.0 Å². The average Bonchev–Trinajstić information content (AvgIpc) is 3.01. The number of benzene rings is 3. The van der Waals surface area contributed by atoms with Crippen LogP contribution >= 0.6 is 0 Å². The van der Waals surface area contributed by atoms with Crippen molar-refractivity contribution in [3.8, 4) is 0 Å². The lowest BCUT2D eigenvalue weighted by molar-refractivity contribution is 0.0974. The Morgan fingerprint density at radius 3 is 2.12 bits per heavy atom. The van der Waals surface area contributed by atoms with Gasteiger partial charge in [0.15, 0.2) is 5.78 Å². The third-order valence-electron chi connectivity index (χ3n) is 4.90. The van der Waals surface area contributed by atoms with Gasteiger partial charge < -0.3 is 0 Å². The summed E-state index contributed by atoms with van der Waals surface area (Å²) in [6, 6.07) is 18.8. The zero-order valence-electron chi connectivity index (χ0n) is 14.0. The van der Waals surface area contributed by atoms with Crippen LogP contribution in [0.4, 0.5) is 4.39 Å². The lowest BCUT2D eigenvalue weighted by Crippen LogP contribution is -2.18. The van der Waals surface area contributed by atoms with Crippen molar-refractivity contribution in [2.75, 3.05) is 6.54 Å². The van der Waals surface area contributed by atoms with E-state index in [1.54, 1.807) is 12.1 Å². The fraction of sp³-hybridized carbons (Fsp3) is 0.227. The number of carbonyl (C=O) groups excluding carboxylic acids is 1. The number of fused-ring (bicyclic) bond motifs is 2. The molecule has 0 amide bonds. The van der Waals surface area contributed by atoms with Gasteiger partial charge in [-0.15, -0.1) is 0 Å². The van der Waals surface area contributed by atoms with Crippen LogP contribution in [0, 0.1) is 5.82 Å². The summed E-state index contributed by atoms with van der Waals surface area (Å²) in [5.41, 5.74) is 3.38. The molecule has 0 spiro atoms. The molecule has 0 N–H and O–H groups in total. The second kappa shape index (κ2) is 6.77. The molecule has 0 aromatic heterocycles. The summed E-state index contributed by atoms with van der Waals surface area (Å²) < 4.78 is 12.9. The Morgan fingerprint density at radius 1 is 0.920 bits per heavy atom. The van der Waals surface area contributed by atoms with Crippen LogP contribution in [-0.4, -0.2) is 17.2 Å². The third kappa shape index (κ3) is 3.47. The lowest BCUT2D eigenvalue weighted by atomic mass is 10.0. The molecule has 0 radical (unpaired) electrons. The van der Waals surface area contributed by atoms with E-state index >= 15 is 0 Å². The van der Waals surface area contributed by atoms with Gasteiger partial charge in [0, 0.05) is 25.1 Å². The topological polar surface area (TPSA) is 20.3 Å². The average molecular weight is 333 g/mol. The number of carbonyl (C=O) groups is 1. The van der Waals surface area contributed by atoms with Crippen molar-refractivity contribution in [2.45, 2.75) is 25.9 Å². The first-order valence-corrected chi connectivity index (χ1v) is 8.71. The zero-order valence-corrected chi connectivity index (χ0v) is 14.0. The highest BCUT2D eigenvalue weighted by Crippen LogP contribution is 2.28. The Hall–Kier alpha value is -2.52. The van der Waals surface area contributed by atoms with Gasteiger partial charge in [0.05, 0.1) is 0 Å². The highest BCUT2D eigenvalue weighted by molar-refractivity contribution is 5.95. The van der Waals surface area contributed by atoms with E-state index in [9.17, 15) is 9.18 Å². The molecule has 0 aliphatic carbocycles. The zero-order chi connectivity index (χ0) is 17.2. The number of rotatable bonds is 5. The van der Waals surface area contributed by atoms with Crippen molar-refractivity contribution in [2.24, 2.45) is 0 Å². The van der Waals surface area contributed by atoms with Crippen LogP contribution in [0.5, 0.6) is 0 Å². The molecule has 4 rings (SSSR count). The molecule has 3 heteroatoms. The summed E-state index contributed by atoms with van der Waals surface area (Å²) in [5, 5.41) is 2.57. The Labute approximate surface area is 146 Å². The van der Waals surface area contributed by atoms with Gasteiger partial charge in [-0.3, -0.25) is 9.69 Å². The van der Waals surface area contributed by atoms with Gasteiger partial charge in [0.2, 0.25) is 0 Å². The SMILES string of the molecule is O=C(CCCN1Cc2cc3ccccc3cc2C1)c1ccc(F)cc1. The van der Waals surface area contributed by atoms with Crippen LogP contribution in [0.15, 0.2) is 60.7 Å². The monoisotopic (exact) mass is 333 g/mol. The number of ketones is 1. The maximum Gasteiger partial charge on any atom is 0.162 e. The summed E-state index contributed by atoms with van der Waals surface area (Å²) in [4.78, 5) is 14.6. The molecule has 1 aliphatic heterocycles. The van der Waals surface area contributed by atoms with Crippen molar-refractivity contribution < 1.29 is 9.18 Å². The Bertz CT molecular complexity index is 872. The highest BCUT2D eigenvalue weighted by Gasteiger charge is 2.19. The van der Waals surface area contributed by atoms with E-state index in [1.165, 1.54) is 34.0 Å². The number of Topliss-reactive ketones (excluding diaryl/α,β-unsaturated/α-hetero) is 1. The van der Waals surface area contributed by atoms with Crippen molar-refractivity contribution >= 4 is 16.6 Å². The summed E-state index contributed by atoms with van der Waals surface area (Å²) in [6.07, 6.45) is 1.32. The Balaban J connectivity index is 1.34. The Morgan fingerprint density at radius 2 is 1.52 bits per heavy atom. The molecule has 0 saturated carbocycles. The smallest absolute Gasteiger partial charge is 0.162 e. The molecule has 0 bridgehead atoms. The van der Waals surface area contributed by atoms with Gasteiger partial charge in [-0.1, -0.05) is 24.3 Å². The maximum absolute atomic E-state index is 12.9. The van der Waals surface area contributed by atoms with Gasteiger partial charge in [-0.2, -0.15) is 0 Å². The van der Waals surface area contributed by atoms with Crippen LogP contribution in [0.2, 0.25) is 0 Å². The van der Waals surface area contributed by atoms with Gasteiger partial charge in [0.25, 0.3) is 0 Å². The highest BCUT2D eigenvalue weighted by atomic mass is 19.1. The number of hydrogen-bond acceptors (Lipinski definition) is 2. The summed E-state index contributed by atoms with van der Waals surface area (Å²) in [7, 11) is 0. The summed E-state index contributed by atoms with van der Waals surface area (Å²) in [6.45, 7) is 2.80. The summed E-state index contributed by atoms with van der Waals surface area (Å²) in [5.74, 6) is -0.221. The molecule has 1 heterocycles. The standard InChI is InChI=1S/C22H20FNO/c23-21-9-7-16(8-10-21)22(25)6-3-11-24-14-19-12-17-4-1-2-5-18(17)13-20(19)15-24/h1-2,4-5,7-10,12-13H,3,6,11,14-15H2. The predicted molar refractivity (Wildman–Crippen MR) is 98.0 cm³/mol. The van der Waals surface area contributed by atoms with E-state index in [2.05, 4.69) is 41.3 Å². The first-order chi connectivity index (χ1) is 12.2. The molecule has 0 atom stereocenters. The normalized spacial score (nSPS) is 14.0. The van der Waals surface area contributed by atoms with Crippen molar-refractivity contribution in [3.05, 3.63) is 83.2 Å². The van der Waals surface area contributed by atoms with E-state index in [-0.39, 0.29) is 11.6 Å². The minimum atomic E-state index is -0.307. The van der Waals surface area contributed by atoms with Crippen LogP contribution in [0.3, 0.4) is 0 Å². The largest absolute Gasteiger partial charge is 0.295 e.